The number of carbonyl (C=O) groups excluding carboxylic acids is 1. The second kappa shape index (κ2) is 4.88. The summed E-state index contributed by atoms with van der Waals surface area (Å²) >= 11 is 0. The molecular weight excluding hydrogens is 276 g/mol. The van der Waals surface area contributed by atoms with Gasteiger partial charge in [-0.3, -0.25) is 4.79 Å². The first kappa shape index (κ1) is 13.6. The molecule has 0 radical (unpaired) electrons. The average Bonchev–Trinajstić information content (AvgIpc) is 2.76. The van der Waals surface area contributed by atoms with E-state index in [-0.39, 0.29) is 17.6 Å². The van der Waals surface area contributed by atoms with Gasteiger partial charge in [-0.1, -0.05) is 6.42 Å². The molecular formula is C15H18O4S. The lowest BCUT2D eigenvalue weighted by atomic mass is 10.0. The van der Waals surface area contributed by atoms with Crippen LogP contribution in [0.15, 0.2) is 18.2 Å². The molecule has 1 aromatic rings. The number of carbonyl (C=O) groups is 1. The number of fused-ring (bicyclic) bond motifs is 1. The minimum absolute atomic E-state index is 0.119. The monoisotopic (exact) mass is 294 g/mol. The molecule has 1 aromatic carbocycles. The third-order valence-corrected chi connectivity index (χ3v) is 6.23. The number of hydrogen-bond acceptors (Lipinski definition) is 4. The minimum atomic E-state index is -3.28. The second-order valence-corrected chi connectivity index (χ2v) is 7.97. The van der Waals surface area contributed by atoms with E-state index >= 15 is 0 Å². The Morgan fingerprint density at radius 1 is 1.30 bits per heavy atom. The van der Waals surface area contributed by atoms with Crippen LogP contribution in [0.2, 0.25) is 0 Å². The number of ether oxygens (including phenoxy) is 1. The maximum absolute atomic E-state index is 12.5. The first-order chi connectivity index (χ1) is 9.47. The van der Waals surface area contributed by atoms with Gasteiger partial charge in [-0.25, -0.2) is 8.42 Å². The SMILES string of the molecule is CC1Cc2cc(C(=O)C3CCCCS3(=O)=O)ccc2O1. The van der Waals surface area contributed by atoms with Crippen LogP contribution >= 0.6 is 0 Å². The molecule has 2 atom stereocenters. The van der Waals surface area contributed by atoms with E-state index < -0.39 is 15.1 Å². The summed E-state index contributed by atoms with van der Waals surface area (Å²) in [7, 11) is -3.28. The summed E-state index contributed by atoms with van der Waals surface area (Å²) in [6.07, 6.45) is 2.82. The van der Waals surface area contributed by atoms with Crippen molar-refractivity contribution in [1.29, 1.82) is 0 Å². The van der Waals surface area contributed by atoms with Crippen molar-refractivity contribution < 1.29 is 17.9 Å². The standard InChI is InChI=1S/C15H18O4S/c1-10-8-12-9-11(5-6-13(12)19-10)15(16)14-4-2-3-7-20(14,17)18/h5-6,9-10,14H,2-4,7-8H2,1H3. The molecule has 1 fully saturated rings. The van der Waals surface area contributed by atoms with Crippen molar-refractivity contribution in [2.24, 2.45) is 0 Å². The Bertz CT molecular complexity index is 648. The Balaban J connectivity index is 1.90. The van der Waals surface area contributed by atoms with Crippen molar-refractivity contribution in [2.75, 3.05) is 5.75 Å². The number of benzene rings is 1. The first-order valence-electron chi connectivity index (χ1n) is 7.03. The Morgan fingerprint density at radius 3 is 2.85 bits per heavy atom. The average molecular weight is 294 g/mol. The molecule has 1 saturated heterocycles. The number of sulfone groups is 1. The molecule has 2 aliphatic heterocycles. The molecule has 3 rings (SSSR count). The fourth-order valence-electron chi connectivity index (χ4n) is 3.01. The fraction of sp³-hybridized carbons (Fsp3) is 0.533. The smallest absolute Gasteiger partial charge is 0.180 e. The highest BCUT2D eigenvalue weighted by Crippen LogP contribution is 2.31. The van der Waals surface area contributed by atoms with Crippen LogP contribution in [0.25, 0.3) is 0 Å². The zero-order valence-electron chi connectivity index (χ0n) is 11.5. The Labute approximate surface area is 119 Å². The molecule has 0 aliphatic carbocycles. The number of hydrogen-bond donors (Lipinski definition) is 0. The van der Waals surface area contributed by atoms with Crippen LogP contribution in [0.3, 0.4) is 0 Å². The lowest BCUT2D eigenvalue weighted by Gasteiger charge is -2.21. The van der Waals surface area contributed by atoms with Gasteiger partial charge < -0.3 is 4.74 Å². The molecule has 2 aliphatic rings. The Kier molecular flexibility index (Phi) is 3.32. The summed E-state index contributed by atoms with van der Waals surface area (Å²) in [6.45, 7) is 1.98. The van der Waals surface area contributed by atoms with Crippen LogP contribution in [-0.2, 0) is 16.3 Å². The predicted molar refractivity (Wildman–Crippen MR) is 76.0 cm³/mol. The van der Waals surface area contributed by atoms with Gasteiger partial charge in [-0.15, -0.1) is 0 Å². The molecule has 20 heavy (non-hydrogen) atoms. The normalized spacial score (nSPS) is 27.6. The molecule has 4 nitrogen and oxygen atoms in total. The lowest BCUT2D eigenvalue weighted by Crippen LogP contribution is -2.35. The Hall–Kier alpha value is -1.36. The molecule has 0 bridgehead atoms. The summed E-state index contributed by atoms with van der Waals surface area (Å²) in [5.74, 6) is 0.682. The van der Waals surface area contributed by atoms with Crippen molar-refractivity contribution in [3.05, 3.63) is 29.3 Å². The molecule has 0 amide bonds. The molecule has 2 heterocycles. The number of rotatable bonds is 2. The highest BCUT2D eigenvalue weighted by molar-refractivity contribution is 7.92. The number of ketones is 1. The van der Waals surface area contributed by atoms with E-state index in [0.29, 0.717) is 18.4 Å². The van der Waals surface area contributed by atoms with Crippen molar-refractivity contribution in [1.82, 2.24) is 0 Å². The van der Waals surface area contributed by atoms with Gasteiger partial charge >= 0.3 is 0 Å². The van der Waals surface area contributed by atoms with E-state index in [2.05, 4.69) is 0 Å². The van der Waals surface area contributed by atoms with Crippen molar-refractivity contribution in [3.8, 4) is 5.75 Å². The van der Waals surface area contributed by atoms with Crippen LogP contribution in [0, 0.1) is 0 Å². The summed E-state index contributed by atoms with van der Waals surface area (Å²) in [4.78, 5) is 12.5. The molecule has 108 valence electrons. The maximum Gasteiger partial charge on any atom is 0.180 e. The van der Waals surface area contributed by atoms with Gasteiger partial charge in [0.05, 0.1) is 5.75 Å². The quantitative estimate of drug-likeness (QED) is 0.784. The highest BCUT2D eigenvalue weighted by Gasteiger charge is 2.35. The predicted octanol–water partition coefficient (Wildman–Crippen LogP) is 2.16. The van der Waals surface area contributed by atoms with E-state index in [9.17, 15) is 13.2 Å². The zero-order valence-corrected chi connectivity index (χ0v) is 12.3. The lowest BCUT2D eigenvalue weighted by molar-refractivity contribution is 0.0981. The molecule has 0 aromatic heterocycles. The van der Waals surface area contributed by atoms with E-state index in [0.717, 1.165) is 24.2 Å². The van der Waals surface area contributed by atoms with Crippen LogP contribution in [0.5, 0.6) is 5.75 Å². The van der Waals surface area contributed by atoms with Gasteiger partial charge in [0.2, 0.25) is 0 Å². The third-order valence-electron chi connectivity index (χ3n) is 4.05. The van der Waals surface area contributed by atoms with E-state index in [1.54, 1.807) is 18.2 Å². The van der Waals surface area contributed by atoms with Crippen molar-refractivity contribution in [2.45, 2.75) is 44.0 Å². The highest BCUT2D eigenvalue weighted by atomic mass is 32.2. The van der Waals surface area contributed by atoms with Crippen molar-refractivity contribution >= 4 is 15.6 Å². The first-order valence-corrected chi connectivity index (χ1v) is 8.74. The van der Waals surface area contributed by atoms with Gasteiger partial charge in [0.25, 0.3) is 0 Å². The van der Waals surface area contributed by atoms with Gasteiger partial charge in [0.1, 0.15) is 17.1 Å². The molecule has 0 spiro atoms. The van der Waals surface area contributed by atoms with Crippen LogP contribution in [0.1, 0.15) is 42.1 Å². The van der Waals surface area contributed by atoms with Gasteiger partial charge in [-0.2, -0.15) is 0 Å². The van der Waals surface area contributed by atoms with Gasteiger partial charge in [-0.05, 0) is 43.5 Å². The summed E-state index contributed by atoms with van der Waals surface area (Å²) in [6, 6.07) is 5.26. The van der Waals surface area contributed by atoms with Gasteiger partial charge in [0.15, 0.2) is 15.6 Å². The third kappa shape index (κ3) is 2.35. The molecule has 2 unspecified atom stereocenters. The maximum atomic E-state index is 12.5. The number of Topliss-reactive ketones (excluding diaryl/α,β-unsaturated/α-hetero) is 1. The second-order valence-electron chi connectivity index (χ2n) is 5.67. The summed E-state index contributed by atoms with van der Waals surface area (Å²) in [5, 5.41) is -0.853. The molecule has 0 saturated carbocycles. The van der Waals surface area contributed by atoms with Gasteiger partial charge in [0, 0.05) is 12.0 Å². The summed E-state index contributed by atoms with van der Waals surface area (Å²) in [5.41, 5.74) is 1.49. The fourth-order valence-corrected chi connectivity index (χ4v) is 4.89. The minimum Gasteiger partial charge on any atom is -0.490 e. The van der Waals surface area contributed by atoms with Crippen molar-refractivity contribution in [3.63, 3.8) is 0 Å². The van der Waals surface area contributed by atoms with E-state index in [1.165, 1.54) is 0 Å². The summed E-state index contributed by atoms with van der Waals surface area (Å²) < 4.78 is 29.7. The van der Waals surface area contributed by atoms with Crippen LogP contribution in [-0.4, -0.2) is 31.3 Å². The van der Waals surface area contributed by atoms with Crippen LogP contribution < -0.4 is 4.74 Å². The van der Waals surface area contributed by atoms with E-state index in [4.69, 9.17) is 4.74 Å². The van der Waals surface area contributed by atoms with Crippen LogP contribution in [0.4, 0.5) is 0 Å². The molecule has 0 N–H and O–H groups in total. The topological polar surface area (TPSA) is 60.4 Å². The van der Waals surface area contributed by atoms with E-state index in [1.807, 2.05) is 6.92 Å². The zero-order chi connectivity index (χ0) is 14.3. The largest absolute Gasteiger partial charge is 0.490 e. The Morgan fingerprint density at radius 2 is 2.10 bits per heavy atom. The molecule has 5 heteroatoms.